The molecule has 0 bridgehead atoms. The van der Waals surface area contributed by atoms with Crippen molar-refractivity contribution >= 4 is 23.3 Å². The number of hydrogen-bond acceptors (Lipinski definition) is 7. The number of anilines is 1. The van der Waals surface area contributed by atoms with Crippen molar-refractivity contribution < 1.29 is 23.9 Å². The summed E-state index contributed by atoms with van der Waals surface area (Å²) in [6, 6.07) is 7.19. The lowest BCUT2D eigenvalue weighted by Crippen LogP contribution is -2.52. The highest BCUT2D eigenvalue weighted by Gasteiger charge is 2.63. The van der Waals surface area contributed by atoms with E-state index in [9.17, 15) is 14.4 Å². The second-order valence-electron chi connectivity index (χ2n) is 7.86. The number of fused-ring (bicyclic) bond motifs is 3. The minimum atomic E-state index is -1.66. The van der Waals surface area contributed by atoms with Gasteiger partial charge in [0.25, 0.3) is 0 Å². The van der Waals surface area contributed by atoms with Crippen LogP contribution in [-0.2, 0) is 29.3 Å². The number of hydrogen-bond donors (Lipinski definition) is 1. The monoisotopic (exact) mass is 411 g/mol. The largest absolute Gasteiger partial charge is 0.462 e. The molecule has 3 aliphatic rings. The van der Waals surface area contributed by atoms with Crippen molar-refractivity contribution in [3.63, 3.8) is 0 Å². The molecule has 0 fully saturated rings. The van der Waals surface area contributed by atoms with Gasteiger partial charge < -0.3 is 15.2 Å². The summed E-state index contributed by atoms with van der Waals surface area (Å²) in [4.78, 5) is 43.8. The van der Waals surface area contributed by atoms with E-state index in [0.29, 0.717) is 29.9 Å². The number of allylic oxidation sites excluding steroid dienone is 1. The number of carbonyl (C=O) groups is 3. The smallest absolute Gasteiger partial charge is 0.341 e. The van der Waals surface area contributed by atoms with E-state index in [1.54, 1.807) is 24.0 Å². The molecule has 158 valence electrons. The SMILES string of the molecule is CCOC(=O)C1=C(N)OC2=C(C(=O)CCC2)[C@]12C(=O)N(CN(C)C)c1ccccc12. The van der Waals surface area contributed by atoms with Crippen LogP contribution in [0, 0.1) is 0 Å². The van der Waals surface area contributed by atoms with Gasteiger partial charge in [0.1, 0.15) is 16.7 Å². The first-order chi connectivity index (χ1) is 14.3. The molecule has 8 heteroatoms. The van der Waals surface area contributed by atoms with Crippen LogP contribution in [0.3, 0.4) is 0 Å². The molecule has 4 rings (SSSR count). The summed E-state index contributed by atoms with van der Waals surface area (Å²) >= 11 is 0. The lowest BCUT2D eigenvalue weighted by atomic mass is 9.64. The number of Topliss-reactive ketones (excluding diaryl/α,β-unsaturated/α-hetero) is 1. The van der Waals surface area contributed by atoms with Gasteiger partial charge in [-0.05, 0) is 33.5 Å². The Bertz CT molecular complexity index is 1010. The fourth-order valence-electron chi connectivity index (χ4n) is 4.65. The average Bonchev–Trinajstić information content (AvgIpc) is 2.91. The Kier molecular flexibility index (Phi) is 4.89. The number of amides is 1. The second kappa shape index (κ2) is 7.28. The predicted octanol–water partition coefficient (Wildman–Crippen LogP) is 1.56. The third-order valence-electron chi connectivity index (χ3n) is 5.66. The Balaban J connectivity index is 2.06. The van der Waals surface area contributed by atoms with Crippen molar-refractivity contribution in [1.82, 2.24) is 4.90 Å². The molecule has 0 radical (unpaired) electrons. The summed E-state index contributed by atoms with van der Waals surface area (Å²) < 4.78 is 11.0. The zero-order valence-electron chi connectivity index (χ0n) is 17.4. The third-order valence-corrected chi connectivity index (χ3v) is 5.66. The highest BCUT2D eigenvalue weighted by Crippen LogP contribution is 2.56. The first-order valence-electron chi connectivity index (χ1n) is 10.0. The van der Waals surface area contributed by atoms with Crippen molar-refractivity contribution in [1.29, 1.82) is 0 Å². The number of esters is 1. The van der Waals surface area contributed by atoms with E-state index in [1.807, 2.05) is 31.1 Å². The number of ether oxygens (including phenoxy) is 2. The molecule has 0 unspecified atom stereocenters. The molecule has 30 heavy (non-hydrogen) atoms. The number of nitrogens with zero attached hydrogens (tertiary/aromatic N) is 2. The van der Waals surface area contributed by atoms with Gasteiger partial charge in [-0.2, -0.15) is 0 Å². The van der Waals surface area contributed by atoms with Gasteiger partial charge in [0, 0.05) is 18.4 Å². The Morgan fingerprint density at radius 3 is 2.70 bits per heavy atom. The average molecular weight is 411 g/mol. The van der Waals surface area contributed by atoms with Crippen LogP contribution in [0.1, 0.15) is 31.7 Å². The van der Waals surface area contributed by atoms with Crippen molar-refractivity contribution in [2.75, 3.05) is 32.3 Å². The van der Waals surface area contributed by atoms with Crippen molar-refractivity contribution in [3.05, 3.63) is 52.6 Å². The molecule has 0 aromatic heterocycles. The summed E-state index contributed by atoms with van der Waals surface area (Å²) in [5.74, 6) is -1.17. The molecule has 1 spiro atoms. The minimum absolute atomic E-state index is 0.1000. The van der Waals surface area contributed by atoms with E-state index < -0.39 is 17.3 Å². The molecule has 0 saturated carbocycles. The second-order valence-corrected chi connectivity index (χ2v) is 7.86. The maximum absolute atomic E-state index is 14.1. The Morgan fingerprint density at radius 1 is 1.27 bits per heavy atom. The van der Waals surface area contributed by atoms with Crippen LogP contribution in [0.5, 0.6) is 0 Å². The number of carbonyl (C=O) groups excluding carboxylic acids is 3. The first-order valence-corrected chi connectivity index (χ1v) is 10.0. The molecule has 8 nitrogen and oxygen atoms in total. The quantitative estimate of drug-likeness (QED) is 0.750. The minimum Gasteiger partial charge on any atom is -0.462 e. The van der Waals surface area contributed by atoms with Crippen LogP contribution >= 0.6 is 0 Å². The molecule has 0 saturated heterocycles. The lowest BCUT2D eigenvalue weighted by molar-refractivity contribution is -0.141. The normalized spacial score (nSPS) is 23.1. The molecular formula is C22H25N3O5. The summed E-state index contributed by atoms with van der Waals surface area (Å²) in [6.07, 6.45) is 1.36. The van der Waals surface area contributed by atoms with Crippen LogP contribution in [0.2, 0.25) is 0 Å². The van der Waals surface area contributed by atoms with Gasteiger partial charge in [0.05, 0.1) is 24.5 Å². The van der Waals surface area contributed by atoms with Gasteiger partial charge in [-0.25, -0.2) is 4.79 Å². The van der Waals surface area contributed by atoms with E-state index in [0.717, 1.165) is 0 Å². The Hall–Kier alpha value is -3.13. The molecule has 2 aliphatic heterocycles. The van der Waals surface area contributed by atoms with E-state index >= 15 is 0 Å². The topological polar surface area (TPSA) is 102 Å². The highest BCUT2D eigenvalue weighted by atomic mass is 16.5. The Morgan fingerprint density at radius 2 is 2.00 bits per heavy atom. The van der Waals surface area contributed by atoms with Gasteiger partial charge in [0.2, 0.25) is 11.8 Å². The number of benzene rings is 1. The van der Waals surface area contributed by atoms with Crippen molar-refractivity contribution in [3.8, 4) is 0 Å². The molecule has 1 atom stereocenters. The van der Waals surface area contributed by atoms with Gasteiger partial charge in [-0.3, -0.25) is 19.4 Å². The van der Waals surface area contributed by atoms with Gasteiger partial charge in [-0.1, -0.05) is 18.2 Å². The number of para-hydroxylation sites is 1. The molecular weight excluding hydrogens is 386 g/mol. The summed E-state index contributed by atoms with van der Waals surface area (Å²) in [5, 5.41) is 0. The summed E-state index contributed by atoms with van der Waals surface area (Å²) in [5.41, 5.74) is 5.84. The van der Waals surface area contributed by atoms with Crippen LogP contribution in [0.25, 0.3) is 0 Å². The number of ketones is 1. The zero-order valence-corrected chi connectivity index (χ0v) is 17.4. The van der Waals surface area contributed by atoms with Crippen LogP contribution in [0.4, 0.5) is 5.69 Å². The fourth-order valence-corrected chi connectivity index (χ4v) is 4.65. The van der Waals surface area contributed by atoms with E-state index in [4.69, 9.17) is 15.2 Å². The van der Waals surface area contributed by atoms with E-state index in [-0.39, 0.29) is 42.5 Å². The standard InChI is InChI=1S/C22H25N3O5/c1-4-29-20(27)18-19(23)30-16-11-7-10-15(26)17(16)22(18)13-8-5-6-9-14(13)25(21(22)28)12-24(2)3/h5-6,8-9H,4,7,10-12,23H2,1-3H3/t22-/m0/s1. The van der Waals surface area contributed by atoms with Crippen LogP contribution < -0.4 is 10.6 Å². The molecule has 1 aliphatic carbocycles. The first kappa shape index (κ1) is 20.2. The number of rotatable bonds is 4. The van der Waals surface area contributed by atoms with Gasteiger partial charge >= 0.3 is 5.97 Å². The van der Waals surface area contributed by atoms with Crippen LogP contribution in [0.15, 0.2) is 47.1 Å². The van der Waals surface area contributed by atoms with Crippen LogP contribution in [-0.4, -0.2) is 49.9 Å². The van der Waals surface area contributed by atoms with E-state index in [1.165, 1.54) is 0 Å². The molecule has 2 N–H and O–H groups in total. The van der Waals surface area contributed by atoms with Gasteiger partial charge in [-0.15, -0.1) is 0 Å². The fraction of sp³-hybridized carbons (Fsp3) is 0.409. The summed E-state index contributed by atoms with van der Waals surface area (Å²) in [7, 11) is 3.69. The zero-order chi connectivity index (χ0) is 21.6. The maximum Gasteiger partial charge on any atom is 0.341 e. The molecule has 1 aromatic rings. The molecule has 1 aromatic carbocycles. The highest BCUT2D eigenvalue weighted by molar-refractivity contribution is 6.23. The molecule has 2 heterocycles. The van der Waals surface area contributed by atoms with E-state index in [2.05, 4.69) is 0 Å². The third kappa shape index (κ3) is 2.67. The summed E-state index contributed by atoms with van der Waals surface area (Å²) in [6.45, 7) is 2.05. The lowest BCUT2D eigenvalue weighted by Gasteiger charge is -2.39. The van der Waals surface area contributed by atoms with Crippen molar-refractivity contribution in [2.45, 2.75) is 31.6 Å². The Labute approximate surface area is 174 Å². The predicted molar refractivity (Wildman–Crippen MR) is 109 cm³/mol. The molecule has 1 amide bonds. The van der Waals surface area contributed by atoms with Crippen molar-refractivity contribution in [2.24, 2.45) is 5.73 Å². The number of nitrogens with two attached hydrogens (primary N) is 1. The van der Waals surface area contributed by atoms with Gasteiger partial charge in [0.15, 0.2) is 5.78 Å². The maximum atomic E-state index is 14.1.